The number of pyridine rings is 3. The van der Waals surface area contributed by atoms with Crippen molar-refractivity contribution in [3.05, 3.63) is 75.8 Å². The van der Waals surface area contributed by atoms with Crippen LogP contribution in [0.3, 0.4) is 0 Å². The first-order valence-electron chi connectivity index (χ1n) is 10.2. The molecule has 0 spiro atoms. The summed E-state index contributed by atoms with van der Waals surface area (Å²) in [6, 6.07) is 13.8. The van der Waals surface area contributed by atoms with Crippen LogP contribution in [0.5, 0.6) is 0 Å². The number of hydrogen-bond acceptors (Lipinski definition) is 5. The molecule has 0 aromatic carbocycles. The third kappa shape index (κ3) is 5.63. The minimum absolute atomic E-state index is 0.517. The second-order valence-electron chi connectivity index (χ2n) is 7.21. The zero-order chi connectivity index (χ0) is 21.5. The molecule has 156 valence electrons. The van der Waals surface area contributed by atoms with Crippen molar-refractivity contribution in [2.45, 2.75) is 47.0 Å². The van der Waals surface area contributed by atoms with Crippen molar-refractivity contribution >= 4 is 17.3 Å². The summed E-state index contributed by atoms with van der Waals surface area (Å²) < 4.78 is 0. The molecule has 0 bridgehead atoms. The number of hydrogen-bond donors (Lipinski definition) is 0. The highest BCUT2D eigenvalue weighted by molar-refractivity contribution is 6.31. The molecule has 0 N–H and O–H groups in total. The lowest BCUT2D eigenvalue weighted by Crippen LogP contribution is -2.02. The maximum atomic E-state index is 6.38. The first kappa shape index (κ1) is 21.9. The van der Waals surface area contributed by atoms with Crippen LogP contribution in [-0.2, 0) is 17.7 Å². The van der Waals surface area contributed by atoms with Crippen LogP contribution in [0.4, 0.5) is 0 Å². The fourth-order valence-corrected chi connectivity index (χ4v) is 3.28. The summed E-state index contributed by atoms with van der Waals surface area (Å²) in [5.41, 5.74) is 7.19. The van der Waals surface area contributed by atoms with Gasteiger partial charge in [-0.05, 0) is 75.9 Å². The van der Waals surface area contributed by atoms with Crippen LogP contribution in [0, 0.1) is 13.8 Å². The van der Waals surface area contributed by atoms with Gasteiger partial charge in [-0.1, -0.05) is 35.8 Å². The van der Waals surface area contributed by atoms with Gasteiger partial charge in [-0.25, -0.2) is 0 Å². The van der Waals surface area contributed by atoms with Crippen LogP contribution < -0.4 is 0 Å². The van der Waals surface area contributed by atoms with Crippen LogP contribution in [0.25, 0.3) is 11.4 Å². The van der Waals surface area contributed by atoms with Gasteiger partial charge in [0, 0.05) is 22.1 Å². The van der Waals surface area contributed by atoms with Gasteiger partial charge in [0.15, 0.2) is 0 Å². The zero-order valence-electron chi connectivity index (χ0n) is 17.9. The molecule has 0 aliphatic carbocycles. The number of aryl methyl sites for hydroxylation is 3. The van der Waals surface area contributed by atoms with Gasteiger partial charge in [0.1, 0.15) is 12.3 Å². The van der Waals surface area contributed by atoms with E-state index in [2.05, 4.69) is 17.1 Å². The van der Waals surface area contributed by atoms with E-state index in [0.29, 0.717) is 6.61 Å². The number of nitrogens with zero attached hydrogens (tertiary/aromatic N) is 4. The van der Waals surface area contributed by atoms with Crippen molar-refractivity contribution in [2.24, 2.45) is 5.16 Å². The topological polar surface area (TPSA) is 60.3 Å². The Hall–Kier alpha value is -2.79. The molecule has 0 saturated heterocycles. The Kier molecular flexibility index (Phi) is 7.52. The lowest BCUT2D eigenvalue weighted by atomic mass is 10.1. The fraction of sp³-hybridized carbons (Fsp3) is 0.333. The molecule has 0 aliphatic rings. The average molecular weight is 423 g/mol. The Morgan fingerprint density at radius 1 is 1.03 bits per heavy atom. The SMILES string of the molecule is CCc1cc(Cl)c(C)c(-c2cccc(CCCO/N=C(\C)c3cccc(C)n3)n2)n1. The van der Waals surface area contributed by atoms with Crippen molar-refractivity contribution in [2.75, 3.05) is 6.61 Å². The highest BCUT2D eigenvalue weighted by Crippen LogP contribution is 2.27. The van der Waals surface area contributed by atoms with E-state index in [9.17, 15) is 0 Å². The molecule has 0 amide bonds. The molecule has 0 unspecified atom stereocenters. The Labute approximate surface area is 183 Å². The van der Waals surface area contributed by atoms with Gasteiger partial charge in [-0.2, -0.15) is 0 Å². The van der Waals surface area contributed by atoms with Crippen molar-refractivity contribution < 1.29 is 4.84 Å². The second-order valence-corrected chi connectivity index (χ2v) is 7.62. The Balaban J connectivity index is 1.60. The molecular weight excluding hydrogens is 396 g/mol. The average Bonchev–Trinajstić information content (AvgIpc) is 2.75. The number of rotatable bonds is 8. The lowest BCUT2D eigenvalue weighted by Gasteiger charge is -2.10. The summed E-state index contributed by atoms with van der Waals surface area (Å²) in [4.78, 5) is 19.4. The number of halogens is 1. The fourth-order valence-electron chi connectivity index (χ4n) is 3.06. The Bertz CT molecular complexity index is 1050. The maximum Gasteiger partial charge on any atom is 0.117 e. The molecule has 3 aromatic heterocycles. The summed E-state index contributed by atoms with van der Waals surface area (Å²) in [6.07, 6.45) is 2.45. The minimum Gasteiger partial charge on any atom is -0.396 e. The van der Waals surface area contributed by atoms with Gasteiger partial charge >= 0.3 is 0 Å². The normalized spacial score (nSPS) is 11.6. The van der Waals surface area contributed by atoms with Crippen molar-refractivity contribution in [1.82, 2.24) is 15.0 Å². The standard InChI is InChI=1S/C24H27ClN4O/c1-5-19-15-21(25)17(3)24(28-19)23-13-7-10-20(27-23)11-8-14-30-29-18(4)22-12-6-9-16(2)26-22/h6-7,9-10,12-13,15H,5,8,11,14H2,1-4H3/b29-18+. The Morgan fingerprint density at radius 3 is 2.60 bits per heavy atom. The van der Waals surface area contributed by atoms with Gasteiger partial charge in [0.05, 0.1) is 17.1 Å². The maximum absolute atomic E-state index is 6.38. The molecule has 30 heavy (non-hydrogen) atoms. The van der Waals surface area contributed by atoms with E-state index in [1.807, 2.05) is 63.2 Å². The van der Waals surface area contributed by atoms with Gasteiger partial charge < -0.3 is 4.84 Å². The number of aromatic nitrogens is 3. The van der Waals surface area contributed by atoms with Crippen molar-refractivity contribution in [3.63, 3.8) is 0 Å². The molecule has 0 saturated carbocycles. The summed E-state index contributed by atoms with van der Waals surface area (Å²) in [7, 11) is 0. The quantitative estimate of drug-likeness (QED) is 0.263. The number of oxime groups is 1. The predicted octanol–water partition coefficient (Wildman–Crippen LogP) is 5.74. The largest absolute Gasteiger partial charge is 0.396 e. The van der Waals surface area contributed by atoms with Crippen molar-refractivity contribution in [1.29, 1.82) is 0 Å². The minimum atomic E-state index is 0.517. The van der Waals surface area contributed by atoms with E-state index in [1.54, 1.807) is 0 Å². The zero-order valence-corrected chi connectivity index (χ0v) is 18.7. The molecule has 3 aromatic rings. The highest BCUT2D eigenvalue weighted by atomic mass is 35.5. The first-order chi connectivity index (χ1) is 14.5. The first-order valence-corrected chi connectivity index (χ1v) is 10.6. The molecule has 0 atom stereocenters. The third-order valence-corrected chi connectivity index (χ3v) is 5.20. The van der Waals surface area contributed by atoms with E-state index < -0.39 is 0 Å². The van der Waals surface area contributed by atoms with Crippen LogP contribution in [0.15, 0.2) is 47.6 Å². The smallest absolute Gasteiger partial charge is 0.117 e. The van der Waals surface area contributed by atoms with E-state index >= 15 is 0 Å². The van der Waals surface area contributed by atoms with Gasteiger partial charge in [-0.15, -0.1) is 0 Å². The van der Waals surface area contributed by atoms with E-state index in [4.69, 9.17) is 26.4 Å². The van der Waals surface area contributed by atoms with Gasteiger partial charge in [0.25, 0.3) is 0 Å². The van der Waals surface area contributed by atoms with Crippen LogP contribution in [0.2, 0.25) is 5.02 Å². The molecule has 3 heterocycles. The molecule has 0 aliphatic heterocycles. The molecule has 6 heteroatoms. The third-order valence-electron chi connectivity index (χ3n) is 4.80. The highest BCUT2D eigenvalue weighted by Gasteiger charge is 2.11. The summed E-state index contributed by atoms with van der Waals surface area (Å²) in [5, 5.41) is 4.91. The molecule has 0 fully saturated rings. The second kappa shape index (κ2) is 10.3. The van der Waals surface area contributed by atoms with Gasteiger partial charge in [0.2, 0.25) is 0 Å². The summed E-state index contributed by atoms with van der Waals surface area (Å²) in [5.74, 6) is 0. The molecule has 5 nitrogen and oxygen atoms in total. The van der Waals surface area contributed by atoms with E-state index in [-0.39, 0.29) is 0 Å². The lowest BCUT2D eigenvalue weighted by molar-refractivity contribution is 0.141. The van der Waals surface area contributed by atoms with Crippen LogP contribution >= 0.6 is 11.6 Å². The van der Waals surface area contributed by atoms with Gasteiger partial charge in [-0.3, -0.25) is 15.0 Å². The summed E-state index contributed by atoms with van der Waals surface area (Å²) in [6.45, 7) is 8.43. The van der Waals surface area contributed by atoms with E-state index in [1.165, 1.54) is 0 Å². The Morgan fingerprint density at radius 2 is 1.83 bits per heavy atom. The van der Waals surface area contributed by atoms with Crippen LogP contribution in [0.1, 0.15) is 48.6 Å². The molecule has 0 radical (unpaired) electrons. The molecular formula is C24H27ClN4O. The predicted molar refractivity (Wildman–Crippen MR) is 122 cm³/mol. The van der Waals surface area contributed by atoms with E-state index in [0.717, 1.165) is 69.7 Å². The van der Waals surface area contributed by atoms with Crippen LogP contribution in [-0.4, -0.2) is 27.3 Å². The molecule has 3 rings (SSSR count). The van der Waals surface area contributed by atoms with Crippen molar-refractivity contribution in [3.8, 4) is 11.4 Å². The monoisotopic (exact) mass is 422 g/mol. The summed E-state index contributed by atoms with van der Waals surface area (Å²) >= 11 is 6.38.